The first-order valence-corrected chi connectivity index (χ1v) is 7.67. The van der Waals surface area contributed by atoms with Crippen molar-refractivity contribution >= 4 is 0 Å². The molecule has 0 saturated heterocycles. The zero-order chi connectivity index (χ0) is 13.8. The van der Waals surface area contributed by atoms with E-state index in [1.54, 1.807) is 0 Å². The summed E-state index contributed by atoms with van der Waals surface area (Å²) < 4.78 is 0. The van der Waals surface area contributed by atoms with Crippen LogP contribution in [0.25, 0.3) is 0 Å². The Hall–Kier alpha value is 0. The molecule has 0 aromatic rings. The molecule has 0 amide bonds. The van der Waals surface area contributed by atoms with E-state index in [1.807, 2.05) is 0 Å². The average Bonchev–Trinajstić information content (AvgIpc) is 2.23. The largest absolute Gasteiger partial charge is 0.0651 e. The van der Waals surface area contributed by atoms with Crippen LogP contribution < -0.4 is 0 Å². The molecular weight excluding hydrogens is 204 g/mol. The van der Waals surface area contributed by atoms with Crippen molar-refractivity contribution in [3.05, 3.63) is 0 Å². The summed E-state index contributed by atoms with van der Waals surface area (Å²) >= 11 is 0. The smallest absolute Gasteiger partial charge is 0.0251 e. The van der Waals surface area contributed by atoms with Crippen LogP contribution in [0.2, 0.25) is 0 Å². The van der Waals surface area contributed by atoms with E-state index in [-0.39, 0.29) is 0 Å². The van der Waals surface area contributed by atoms with Gasteiger partial charge in [0.15, 0.2) is 0 Å². The Labute approximate surface area is 111 Å². The molecular formula is C17H36. The van der Waals surface area contributed by atoms with Gasteiger partial charge in [0.1, 0.15) is 0 Å². The molecule has 0 aromatic heterocycles. The van der Waals surface area contributed by atoms with Gasteiger partial charge in [-0.15, -0.1) is 0 Å². The summed E-state index contributed by atoms with van der Waals surface area (Å²) in [6.07, 6.45) is 2.71. The molecule has 0 rings (SSSR count). The molecule has 104 valence electrons. The molecule has 0 N–H and O–H groups in total. The van der Waals surface area contributed by atoms with E-state index in [2.05, 4.69) is 62.3 Å². The highest BCUT2D eigenvalue weighted by Gasteiger charge is 2.39. The molecule has 0 spiro atoms. The fraction of sp³-hybridized carbons (Fsp3) is 1.00. The number of rotatable bonds is 7. The van der Waals surface area contributed by atoms with Gasteiger partial charge >= 0.3 is 0 Å². The topological polar surface area (TPSA) is 0 Å². The van der Waals surface area contributed by atoms with E-state index in [0.29, 0.717) is 5.41 Å². The zero-order valence-electron chi connectivity index (χ0n) is 13.8. The van der Waals surface area contributed by atoms with Crippen molar-refractivity contribution in [2.24, 2.45) is 35.0 Å². The predicted molar refractivity (Wildman–Crippen MR) is 80.2 cm³/mol. The zero-order valence-corrected chi connectivity index (χ0v) is 13.8. The van der Waals surface area contributed by atoms with E-state index in [0.717, 1.165) is 29.6 Å². The molecule has 0 bridgehead atoms. The third kappa shape index (κ3) is 4.00. The van der Waals surface area contributed by atoms with Gasteiger partial charge < -0.3 is 0 Å². The van der Waals surface area contributed by atoms with Crippen LogP contribution in [-0.4, -0.2) is 0 Å². The monoisotopic (exact) mass is 240 g/mol. The van der Waals surface area contributed by atoms with Gasteiger partial charge in [0.2, 0.25) is 0 Å². The summed E-state index contributed by atoms with van der Waals surface area (Å²) in [5, 5.41) is 0. The van der Waals surface area contributed by atoms with Crippen LogP contribution in [0.3, 0.4) is 0 Å². The van der Waals surface area contributed by atoms with Crippen molar-refractivity contribution in [2.75, 3.05) is 0 Å². The van der Waals surface area contributed by atoms with E-state index in [1.165, 1.54) is 12.8 Å². The lowest BCUT2D eigenvalue weighted by Gasteiger charge is -2.46. The highest BCUT2D eigenvalue weighted by molar-refractivity contribution is 4.88. The van der Waals surface area contributed by atoms with E-state index in [4.69, 9.17) is 0 Å². The second-order valence-electron chi connectivity index (χ2n) is 7.24. The Morgan fingerprint density at radius 2 is 1.24 bits per heavy atom. The Balaban J connectivity index is 4.93. The van der Waals surface area contributed by atoms with Crippen molar-refractivity contribution < 1.29 is 0 Å². The maximum Gasteiger partial charge on any atom is -0.0251 e. The van der Waals surface area contributed by atoms with Crippen LogP contribution >= 0.6 is 0 Å². The molecule has 0 heterocycles. The Morgan fingerprint density at radius 1 is 0.824 bits per heavy atom. The first-order chi connectivity index (χ1) is 7.67. The normalized spacial score (nSPS) is 16.9. The summed E-state index contributed by atoms with van der Waals surface area (Å²) in [5.41, 5.74) is 0.484. The maximum atomic E-state index is 2.52. The minimum Gasteiger partial charge on any atom is -0.0651 e. The lowest BCUT2D eigenvalue weighted by Crippen LogP contribution is -2.38. The van der Waals surface area contributed by atoms with E-state index in [9.17, 15) is 0 Å². The second kappa shape index (κ2) is 6.81. The molecule has 0 fully saturated rings. The van der Waals surface area contributed by atoms with Crippen LogP contribution in [0.1, 0.15) is 75.2 Å². The quantitative estimate of drug-likeness (QED) is 0.511. The van der Waals surface area contributed by atoms with Crippen LogP contribution in [0.4, 0.5) is 0 Å². The van der Waals surface area contributed by atoms with Crippen LogP contribution in [0, 0.1) is 35.0 Å². The molecule has 0 nitrogen and oxygen atoms in total. The Bertz CT molecular complexity index is 192. The molecule has 0 aliphatic carbocycles. The number of hydrogen-bond acceptors (Lipinski definition) is 0. The fourth-order valence-corrected chi connectivity index (χ4v) is 3.19. The molecule has 0 radical (unpaired) electrons. The minimum atomic E-state index is 0.484. The summed E-state index contributed by atoms with van der Waals surface area (Å²) in [6.45, 7) is 21.7. The summed E-state index contributed by atoms with van der Waals surface area (Å²) in [4.78, 5) is 0. The first-order valence-electron chi connectivity index (χ1n) is 7.67. The van der Waals surface area contributed by atoms with Crippen LogP contribution in [0.5, 0.6) is 0 Å². The minimum absolute atomic E-state index is 0.484. The van der Waals surface area contributed by atoms with Gasteiger partial charge in [-0.3, -0.25) is 0 Å². The van der Waals surface area contributed by atoms with Gasteiger partial charge in [0.05, 0.1) is 0 Å². The van der Waals surface area contributed by atoms with Crippen molar-refractivity contribution in [3.8, 4) is 0 Å². The van der Waals surface area contributed by atoms with Gasteiger partial charge in [-0.25, -0.2) is 0 Å². The summed E-state index contributed by atoms with van der Waals surface area (Å²) in [7, 11) is 0. The van der Waals surface area contributed by atoms with Gasteiger partial charge in [0.25, 0.3) is 0 Å². The van der Waals surface area contributed by atoms with Gasteiger partial charge in [-0.2, -0.15) is 0 Å². The average molecular weight is 240 g/mol. The molecule has 0 saturated carbocycles. The van der Waals surface area contributed by atoms with Crippen LogP contribution in [0.15, 0.2) is 0 Å². The van der Waals surface area contributed by atoms with Gasteiger partial charge in [-0.05, 0) is 41.4 Å². The van der Waals surface area contributed by atoms with Crippen molar-refractivity contribution in [1.29, 1.82) is 0 Å². The molecule has 2 atom stereocenters. The molecule has 2 unspecified atom stereocenters. The molecule has 0 aliphatic heterocycles. The predicted octanol–water partition coefficient (Wildman–Crippen LogP) is 6.01. The Kier molecular flexibility index (Phi) is 6.81. The highest BCUT2D eigenvalue weighted by Crippen LogP contribution is 2.47. The van der Waals surface area contributed by atoms with E-state index >= 15 is 0 Å². The molecule has 0 aromatic carbocycles. The van der Waals surface area contributed by atoms with Crippen LogP contribution in [-0.2, 0) is 0 Å². The third-order valence-electron chi connectivity index (χ3n) is 5.65. The van der Waals surface area contributed by atoms with Crippen molar-refractivity contribution in [1.82, 2.24) is 0 Å². The lowest BCUT2D eigenvalue weighted by atomic mass is 9.59. The highest BCUT2D eigenvalue weighted by atomic mass is 14.4. The molecule has 17 heavy (non-hydrogen) atoms. The van der Waals surface area contributed by atoms with E-state index < -0.39 is 0 Å². The SMILES string of the molecule is CCC(CC(C)C(C)C)C(C)(C(C)C)C(C)C. The lowest BCUT2D eigenvalue weighted by molar-refractivity contribution is 0.0318. The Morgan fingerprint density at radius 3 is 1.47 bits per heavy atom. The summed E-state index contributed by atoms with van der Waals surface area (Å²) in [6, 6.07) is 0. The second-order valence-corrected chi connectivity index (χ2v) is 7.24. The molecule has 0 heteroatoms. The summed E-state index contributed by atoms with van der Waals surface area (Å²) in [5.74, 6) is 4.06. The van der Waals surface area contributed by atoms with Crippen molar-refractivity contribution in [2.45, 2.75) is 75.2 Å². The van der Waals surface area contributed by atoms with Gasteiger partial charge in [0, 0.05) is 0 Å². The fourth-order valence-electron chi connectivity index (χ4n) is 3.19. The maximum absolute atomic E-state index is 2.52. The van der Waals surface area contributed by atoms with Gasteiger partial charge in [-0.1, -0.05) is 68.7 Å². The number of hydrogen-bond donors (Lipinski definition) is 0. The third-order valence-corrected chi connectivity index (χ3v) is 5.65. The first kappa shape index (κ1) is 17.0. The standard InChI is InChI=1S/C17H36/c1-10-16(11-15(8)12(2)3)17(9,13(4)5)14(6)7/h12-16H,10-11H2,1-9H3. The van der Waals surface area contributed by atoms with Crippen molar-refractivity contribution in [3.63, 3.8) is 0 Å². The molecule has 0 aliphatic rings.